The third-order valence-corrected chi connectivity index (χ3v) is 5.74. The predicted molar refractivity (Wildman–Crippen MR) is 123 cm³/mol. The fourth-order valence-electron chi connectivity index (χ4n) is 3.34. The normalized spacial score (nSPS) is 10.9. The summed E-state index contributed by atoms with van der Waals surface area (Å²) in [4.78, 5) is 30.4. The monoisotopic (exact) mass is 433 g/mol. The summed E-state index contributed by atoms with van der Waals surface area (Å²) in [6.45, 7) is 3.94. The van der Waals surface area contributed by atoms with Gasteiger partial charge in [-0.3, -0.25) is 14.2 Å². The van der Waals surface area contributed by atoms with Crippen LogP contribution in [0.15, 0.2) is 76.7 Å². The van der Waals surface area contributed by atoms with Crippen LogP contribution in [0.4, 0.5) is 10.1 Å². The number of hydrogen-bond acceptors (Lipinski definition) is 4. The Hall–Kier alpha value is -3.45. The van der Waals surface area contributed by atoms with E-state index in [1.54, 1.807) is 22.8 Å². The highest BCUT2D eigenvalue weighted by Crippen LogP contribution is 2.24. The molecule has 0 aliphatic heterocycles. The molecule has 4 aromatic rings. The van der Waals surface area contributed by atoms with E-state index in [1.165, 1.54) is 36.0 Å². The number of fused-ring (bicyclic) bond motifs is 1. The maximum atomic E-state index is 13.3. The highest BCUT2D eigenvalue weighted by atomic mass is 32.2. The first-order valence-corrected chi connectivity index (χ1v) is 10.7. The van der Waals surface area contributed by atoms with E-state index in [0.29, 0.717) is 21.7 Å². The van der Waals surface area contributed by atoms with Gasteiger partial charge in [-0.15, -0.1) is 0 Å². The molecule has 156 valence electrons. The van der Waals surface area contributed by atoms with Gasteiger partial charge in [0.1, 0.15) is 5.82 Å². The first kappa shape index (κ1) is 20.8. The zero-order valence-corrected chi connectivity index (χ0v) is 17.9. The lowest BCUT2D eigenvalue weighted by atomic mass is 10.1. The molecule has 0 aliphatic rings. The number of anilines is 1. The summed E-state index contributed by atoms with van der Waals surface area (Å²) in [6, 6.07) is 18.6. The lowest BCUT2D eigenvalue weighted by Crippen LogP contribution is -2.23. The van der Waals surface area contributed by atoms with Gasteiger partial charge >= 0.3 is 0 Å². The molecule has 1 heterocycles. The van der Waals surface area contributed by atoms with Crippen molar-refractivity contribution < 1.29 is 9.18 Å². The Balaban J connectivity index is 1.69. The molecule has 1 N–H and O–H groups in total. The molecule has 5 nitrogen and oxygen atoms in total. The minimum absolute atomic E-state index is 0.0487. The van der Waals surface area contributed by atoms with E-state index in [2.05, 4.69) is 10.3 Å². The number of para-hydroxylation sites is 1. The Morgan fingerprint density at radius 2 is 1.81 bits per heavy atom. The number of amides is 1. The van der Waals surface area contributed by atoms with Gasteiger partial charge in [0.2, 0.25) is 5.91 Å². The van der Waals surface area contributed by atoms with E-state index in [0.717, 1.165) is 16.8 Å². The quantitative estimate of drug-likeness (QED) is 0.360. The third-order valence-electron chi connectivity index (χ3n) is 4.80. The van der Waals surface area contributed by atoms with Crippen LogP contribution in [0.2, 0.25) is 0 Å². The van der Waals surface area contributed by atoms with Crippen LogP contribution in [0.3, 0.4) is 0 Å². The Labute approximate surface area is 182 Å². The summed E-state index contributed by atoms with van der Waals surface area (Å²) in [6.07, 6.45) is 0. The van der Waals surface area contributed by atoms with E-state index in [1.807, 2.05) is 38.1 Å². The van der Waals surface area contributed by atoms with Crippen LogP contribution in [0.5, 0.6) is 0 Å². The van der Waals surface area contributed by atoms with Gasteiger partial charge in [-0.2, -0.15) is 0 Å². The summed E-state index contributed by atoms with van der Waals surface area (Å²) in [5, 5.41) is 3.68. The molecule has 31 heavy (non-hydrogen) atoms. The van der Waals surface area contributed by atoms with Crippen LogP contribution < -0.4 is 10.9 Å². The summed E-state index contributed by atoms with van der Waals surface area (Å²) in [5.41, 5.74) is 3.67. The van der Waals surface area contributed by atoms with Crippen molar-refractivity contribution in [2.45, 2.75) is 19.0 Å². The highest BCUT2D eigenvalue weighted by Gasteiger charge is 2.16. The lowest BCUT2D eigenvalue weighted by molar-refractivity contribution is -0.113. The number of carbonyl (C=O) groups is 1. The Bertz CT molecular complexity index is 1330. The zero-order valence-electron chi connectivity index (χ0n) is 17.1. The molecule has 0 radical (unpaired) electrons. The molecule has 0 saturated heterocycles. The summed E-state index contributed by atoms with van der Waals surface area (Å²) in [7, 11) is 0. The van der Waals surface area contributed by atoms with Crippen molar-refractivity contribution in [1.82, 2.24) is 9.55 Å². The second-order valence-corrected chi connectivity index (χ2v) is 8.13. The predicted octanol–water partition coefficient (Wildman–Crippen LogP) is 4.87. The number of nitrogens with zero attached hydrogens (tertiary/aromatic N) is 2. The van der Waals surface area contributed by atoms with Crippen molar-refractivity contribution in [2.24, 2.45) is 0 Å². The fraction of sp³-hybridized carbons (Fsp3) is 0.125. The molecular formula is C24H20FN3O2S. The summed E-state index contributed by atoms with van der Waals surface area (Å²) >= 11 is 1.18. The van der Waals surface area contributed by atoms with Gasteiger partial charge in [-0.1, -0.05) is 41.6 Å². The molecule has 0 spiro atoms. The smallest absolute Gasteiger partial charge is 0.266 e. The molecule has 4 rings (SSSR count). The van der Waals surface area contributed by atoms with Gasteiger partial charge in [0.15, 0.2) is 5.16 Å². The van der Waals surface area contributed by atoms with Crippen LogP contribution >= 0.6 is 11.8 Å². The lowest BCUT2D eigenvalue weighted by Gasteiger charge is -2.15. The molecule has 0 unspecified atom stereocenters. The molecule has 1 aromatic heterocycles. The van der Waals surface area contributed by atoms with Crippen molar-refractivity contribution in [2.75, 3.05) is 11.1 Å². The first-order chi connectivity index (χ1) is 14.9. The Kier molecular flexibility index (Phi) is 5.86. The minimum Gasteiger partial charge on any atom is -0.325 e. The van der Waals surface area contributed by atoms with Crippen molar-refractivity contribution in [3.8, 4) is 5.69 Å². The van der Waals surface area contributed by atoms with Crippen LogP contribution in [-0.4, -0.2) is 21.2 Å². The number of halogens is 1. The van der Waals surface area contributed by atoms with Crippen LogP contribution in [-0.2, 0) is 4.79 Å². The van der Waals surface area contributed by atoms with E-state index < -0.39 is 0 Å². The molecule has 0 atom stereocenters. The number of rotatable bonds is 5. The topological polar surface area (TPSA) is 64.0 Å². The van der Waals surface area contributed by atoms with Crippen molar-refractivity contribution >= 4 is 34.3 Å². The minimum atomic E-state index is -0.370. The molecule has 1 amide bonds. The maximum absolute atomic E-state index is 13.3. The number of aromatic nitrogens is 2. The molecule has 0 fully saturated rings. The standard InChI is InChI=1S/C24H20FN3O2S/c1-15-7-12-21(16(2)13-15)28-23(30)19-5-3-4-6-20(19)27-24(28)31-14-22(29)26-18-10-8-17(25)9-11-18/h3-13H,14H2,1-2H3,(H,26,29). The van der Waals surface area contributed by atoms with Crippen LogP contribution in [0, 0.1) is 19.7 Å². The van der Waals surface area contributed by atoms with Gasteiger partial charge in [0.05, 0.1) is 22.3 Å². The first-order valence-electron chi connectivity index (χ1n) is 9.70. The summed E-state index contributed by atoms with van der Waals surface area (Å²) in [5.74, 6) is -0.594. The largest absolute Gasteiger partial charge is 0.325 e. The average molecular weight is 434 g/mol. The van der Waals surface area contributed by atoms with Gasteiger partial charge in [-0.05, 0) is 61.9 Å². The zero-order chi connectivity index (χ0) is 22.0. The molecule has 0 aliphatic carbocycles. The molecular weight excluding hydrogens is 413 g/mol. The number of carbonyl (C=O) groups excluding carboxylic acids is 1. The molecule has 0 saturated carbocycles. The molecule has 3 aromatic carbocycles. The molecule has 7 heteroatoms. The number of thioether (sulfide) groups is 1. The maximum Gasteiger partial charge on any atom is 0.266 e. The van der Waals surface area contributed by atoms with Crippen molar-refractivity contribution in [3.05, 3.63) is 94.0 Å². The van der Waals surface area contributed by atoms with Gasteiger partial charge in [0, 0.05) is 5.69 Å². The van der Waals surface area contributed by atoms with Gasteiger partial charge in [-0.25, -0.2) is 9.37 Å². The SMILES string of the molecule is Cc1ccc(-n2c(SCC(=O)Nc3ccc(F)cc3)nc3ccccc3c2=O)c(C)c1. The second-order valence-electron chi connectivity index (χ2n) is 7.19. The number of nitrogens with one attached hydrogen (secondary N) is 1. The Morgan fingerprint density at radius 3 is 2.55 bits per heavy atom. The van der Waals surface area contributed by atoms with E-state index >= 15 is 0 Å². The van der Waals surface area contributed by atoms with Crippen molar-refractivity contribution in [1.29, 1.82) is 0 Å². The third kappa shape index (κ3) is 4.51. The number of benzene rings is 3. The summed E-state index contributed by atoms with van der Waals surface area (Å²) < 4.78 is 14.6. The average Bonchev–Trinajstić information content (AvgIpc) is 2.75. The van der Waals surface area contributed by atoms with Crippen LogP contribution in [0.1, 0.15) is 11.1 Å². The number of aryl methyl sites for hydroxylation is 2. The molecule has 0 bridgehead atoms. The van der Waals surface area contributed by atoms with Crippen molar-refractivity contribution in [3.63, 3.8) is 0 Å². The van der Waals surface area contributed by atoms with Gasteiger partial charge in [0.25, 0.3) is 5.56 Å². The highest BCUT2D eigenvalue weighted by molar-refractivity contribution is 7.99. The fourth-order valence-corrected chi connectivity index (χ4v) is 4.14. The Morgan fingerprint density at radius 1 is 1.06 bits per heavy atom. The van der Waals surface area contributed by atoms with Gasteiger partial charge < -0.3 is 5.32 Å². The van der Waals surface area contributed by atoms with E-state index in [-0.39, 0.29) is 23.0 Å². The number of hydrogen-bond donors (Lipinski definition) is 1. The van der Waals surface area contributed by atoms with E-state index in [9.17, 15) is 14.0 Å². The second kappa shape index (κ2) is 8.73. The van der Waals surface area contributed by atoms with Crippen LogP contribution in [0.25, 0.3) is 16.6 Å². The van der Waals surface area contributed by atoms with E-state index in [4.69, 9.17) is 0 Å².